The third-order valence-electron chi connectivity index (χ3n) is 2.99. The summed E-state index contributed by atoms with van der Waals surface area (Å²) in [6.45, 7) is 0. The summed E-state index contributed by atoms with van der Waals surface area (Å²) in [5.74, 6) is 0.0132. The van der Waals surface area contributed by atoms with Gasteiger partial charge in [0.2, 0.25) is 5.91 Å². The summed E-state index contributed by atoms with van der Waals surface area (Å²) < 4.78 is 1.05. The highest BCUT2D eigenvalue weighted by Gasteiger charge is 2.06. The van der Waals surface area contributed by atoms with Gasteiger partial charge < -0.3 is 0 Å². The minimum absolute atomic E-state index is 0.0132. The van der Waals surface area contributed by atoms with Crippen molar-refractivity contribution in [2.24, 2.45) is 0 Å². The zero-order valence-corrected chi connectivity index (χ0v) is 12.9. The molecular formula is C16H17BrN2O. The van der Waals surface area contributed by atoms with Crippen LogP contribution in [0.3, 0.4) is 0 Å². The van der Waals surface area contributed by atoms with Gasteiger partial charge in [-0.1, -0.05) is 46.3 Å². The van der Waals surface area contributed by atoms with Crippen molar-refractivity contribution in [3.05, 3.63) is 64.6 Å². The second-order valence-electron chi connectivity index (χ2n) is 4.56. The highest BCUT2D eigenvalue weighted by molar-refractivity contribution is 9.10. The molecule has 0 atom stereocenters. The topological polar surface area (TPSA) is 32.3 Å². The SMILES string of the molecule is CN(NC(=O)CCc1ccc(Br)cc1)c1ccccc1. The molecule has 0 fully saturated rings. The zero-order valence-electron chi connectivity index (χ0n) is 11.3. The molecule has 0 saturated heterocycles. The number of amides is 1. The van der Waals surface area contributed by atoms with E-state index in [0.29, 0.717) is 6.42 Å². The molecule has 0 aromatic heterocycles. The molecule has 0 unspecified atom stereocenters. The maximum Gasteiger partial charge on any atom is 0.238 e. The molecule has 0 saturated carbocycles. The number of carbonyl (C=O) groups is 1. The van der Waals surface area contributed by atoms with Crippen molar-refractivity contribution in [3.63, 3.8) is 0 Å². The van der Waals surface area contributed by atoms with Crippen LogP contribution in [0.1, 0.15) is 12.0 Å². The van der Waals surface area contributed by atoms with Gasteiger partial charge in [0.15, 0.2) is 0 Å². The highest BCUT2D eigenvalue weighted by atomic mass is 79.9. The van der Waals surface area contributed by atoms with Gasteiger partial charge in [0.1, 0.15) is 0 Å². The number of halogens is 1. The number of anilines is 1. The lowest BCUT2D eigenvalue weighted by Crippen LogP contribution is -2.39. The Hall–Kier alpha value is -1.81. The molecule has 2 aromatic carbocycles. The fourth-order valence-corrected chi connectivity index (χ4v) is 2.13. The molecule has 104 valence electrons. The minimum Gasteiger partial charge on any atom is -0.289 e. The summed E-state index contributed by atoms with van der Waals surface area (Å²) in [6, 6.07) is 17.8. The molecule has 0 radical (unpaired) electrons. The number of hydrazine groups is 1. The first-order valence-corrected chi connectivity index (χ1v) is 7.27. The molecule has 20 heavy (non-hydrogen) atoms. The molecule has 0 heterocycles. The van der Waals surface area contributed by atoms with E-state index in [4.69, 9.17) is 0 Å². The van der Waals surface area contributed by atoms with Crippen molar-refractivity contribution in [2.45, 2.75) is 12.8 Å². The number of hydrogen-bond donors (Lipinski definition) is 1. The van der Waals surface area contributed by atoms with Gasteiger partial charge in [-0.2, -0.15) is 0 Å². The number of aryl methyl sites for hydroxylation is 1. The Morgan fingerprint density at radius 3 is 2.40 bits per heavy atom. The average molecular weight is 333 g/mol. The van der Waals surface area contributed by atoms with E-state index < -0.39 is 0 Å². The van der Waals surface area contributed by atoms with Crippen molar-refractivity contribution in [3.8, 4) is 0 Å². The normalized spacial score (nSPS) is 10.1. The van der Waals surface area contributed by atoms with Crippen LogP contribution in [0.4, 0.5) is 5.69 Å². The van der Waals surface area contributed by atoms with Crippen LogP contribution in [-0.4, -0.2) is 13.0 Å². The van der Waals surface area contributed by atoms with E-state index in [1.54, 1.807) is 5.01 Å². The zero-order chi connectivity index (χ0) is 14.4. The summed E-state index contributed by atoms with van der Waals surface area (Å²) in [6.07, 6.45) is 1.21. The van der Waals surface area contributed by atoms with Crippen LogP contribution >= 0.6 is 15.9 Å². The smallest absolute Gasteiger partial charge is 0.238 e. The van der Waals surface area contributed by atoms with Gasteiger partial charge in [-0.3, -0.25) is 15.2 Å². The maximum absolute atomic E-state index is 11.9. The summed E-state index contributed by atoms with van der Waals surface area (Å²) in [7, 11) is 1.84. The van der Waals surface area contributed by atoms with E-state index in [0.717, 1.165) is 22.1 Å². The van der Waals surface area contributed by atoms with Gasteiger partial charge in [0, 0.05) is 17.9 Å². The van der Waals surface area contributed by atoms with Gasteiger partial charge in [-0.05, 0) is 36.2 Å². The lowest BCUT2D eigenvalue weighted by Gasteiger charge is -2.20. The predicted octanol–water partition coefficient (Wildman–Crippen LogP) is 3.55. The van der Waals surface area contributed by atoms with E-state index in [1.165, 1.54) is 0 Å². The van der Waals surface area contributed by atoms with Gasteiger partial charge in [0.25, 0.3) is 0 Å². The molecular weight excluding hydrogens is 316 g/mol. The summed E-state index contributed by atoms with van der Waals surface area (Å²) in [5.41, 5.74) is 4.98. The standard InChI is InChI=1S/C16H17BrN2O/c1-19(15-5-3-2-4-6-15)18-16(20)12-9-13-7-10-14(17)11-8-13/h2-8,10-11H,9,12H2,1H3,(H,18,20). The molecule has 0 aliphatic carbocycles. The van der Waals surface area contributed by atoms with E-state index >= 15 is 0 Å². The van der Waals surface area contributed by atoms with Crippen LogP contribution in [-0.2, 0) is 11.2 Å². The molecule has 0 bridgehead atoms. The Morgan fingerprint density at radius 1 is 1.10 bits per heavy atom. The van der Waals surface area contributed by atoms with E-state index in [2.05, 4.69) is 21.4 Å². The third kappa shape index (κ3) is 4.38. The van der Waals surface area contributed by atoms with Gasteiger partial charge >= 0.3 is 0 Å². The van der Waals surface area contributed by atoms with Crippen molar-refractivity contribution >= 4 is 27.5 Å². The lowest BCUT2D eigenvalue weighted by molar-refractivity contribution is -0.121. The molecule has 2 aromatic rings. The molecule has 3 nitrogen and oxygen atoms in total. The molecule has 1 amide bonds. The van der Waals surface area contributed by atoms with Crippen LogP contribution in [0.2, 0.25) is 0 Å². The fourth-order valence-electron chi connectivity index (χ4n) is 1.87. The van der Waals surface area contributed by atoms with Gasteiger partial charge in [-0.25, -0.2) is 0 Å². The largest absolute Gasteiger partial charge is 0.289 e. The quantitative estimate of drug-likeness (QED) is 0.849. The van der Waals surface area contributed by atoms with Crippen LogP contribution < -0.4 is 10.4 Å². The minimum atomic E-state index is 0.0132. The van der Waals surface area contributed by atoms with Gasteiger partial charge in [-0.15, -0.1) is 0 Å². The van der Waals surface area contributed by atoms with Crippen LogP contribution in [0.5, 0.6) is 0 Å². The van der Waals surface area contributed by atoms with Crippen LogP contribution in [0.25, 0.3) is 0 Å². The number of benzene rings is 2. The molecule has 4 heteroatoms. The number of carbonyl (C=O) groups excluding carboxylic acids is 1. The summed E-state index contributed by atoms with van der Waals surface area (Å²) in [5, 5.41) is 1.74. The summed E-state index contributed by atoms with van der Waals surface area (Å²) in [4.78, 5) is 11.9. The van der Waals surface area contributed by atoms with Crippen LogP contribution in [0, 0.1) is 0 Å². The van der Waals surface area contributed by atoms with E-state index in [-0.39, 0.29) is 5.91 Å². The molecule has 1 N–H and O–H groups in total. The van der Waals surface area contributed by atoms with E-state index in [9.17, 15) is 4.79 Å². The molecule has 0 aliphatic rings. The first-order chi connectivity index (χ1) is 9.65. The number of hydrogen-bond acceptors (Lipinski definition) is 2. The Labute approximate surface area is 127 Å². The van der Waals surface area contributed by atoms with Crippen molar-refractivity contribution in [1.29, 1.82) is 0 Å². The van der Waals surface area contributed by atoms with Crippen molar-refractivity contribution in [2.75, 3.05) is 12.1 Å². The first-order valence-electron chi connectivity index (χ1n) is 6.48. The first kappa shape index (κ1) is 14.6. The Balaban J connectivity index is 1.82. The molecule has 0 aliphatic heterocycles. The number of nitrogens with zero attached hydrogens (tertiary/aromatic N) is 1. The fraction of sp³-hybridized carbons (Fsp3) is 0.188. The molecule has 0 spiro atoms. The Kier molecular flexibility index (Phi) is 5.18. The lowest BCUT2D eigenvalue weighted by atomic mass is 10.1. The van der Waals surface area contributed by atoms with Crippen molar-refractivity contribution < 1.29 is 4.79 Å². The predicted molar refractivity (Wildman–Crippen MR) is 85.5 cm³/mol. The summed E-state index contributed by atoms with van der Waals surface area (Å²) >= 11 is 3.40. The maximum atomic E-state index is 11.9. The number of rotatable bonds is 5. The Bertz CT molecular complexity index is 554. The molecule has 2 rings (SSSR count). The third-order valence-corrected chi connectivity index (χ3v) is 3.52. The highest BCUT2D eigenvalue weighted by Crippen LogP contribution is 2.12. The number of nitrogens with one attached hydrogen (secondary N) is 1. The second kappa shape index (κ2) is 7.10. The Morgan fingerprint density at radius 2 is 1.75 bits per heavy atom. The monoisotopic (exact) mass is 332 g/mol. The number of para-hydroxylation sites is 1. The van der Waals surface area contributed by atoms with Crippen LogP contribution in [0.15, 0.2) is 59.1 Å². The van der Waals surface area contributed by atoms with Crippen molar-refractivity contribution in [1.82, 2.24) is 5.43 Å². The average Bonchev–Trinajstić information content (AvgIpc) is 2.47. The van der Waals surface area contributed by atoms with Gasteiger partial charge in [0.05, 0.1) is 5.69 Å². The second-order valence-corrected chi connectivity index (χ2v) is 5.47. The van der Waals surface area contributed by atoms with E-state index in [1.807, 2.05) is 61.6 Å².